The Morgan fingerprint density at radius 3 is 2.98 bits per heavy atom. The van der Waals surface area contributed by atoms with Gasteiger partial charge < -0.3 is 23.8 Å². The van der Waals surface area contributed by atoms with Gasteiger partial charge >= 0.3 is 12.2 Å². The molecule has 0 amide bonds. The third-order valence-corrected chi connectivity index (χ3v) is 11.2. The Hall–Kier alpha value is -2.58. The lowest BCUT2D eigenvalue weighted by Crippen LogP contribution is -2.45. The number of anilines is 1. The molecule has 14 heteroatoms. The molecule has 2 aromatic heterocycles. The fraction of sp³-hybridized carbons (Fsp3) is 0.733. The number of hydrazine groups is 1. The number of likely N-dealkylation sites (tertiary alicyclic amines) is 1. The molecular weight excluding hydrogens is 593 g/mol. The predicted octanol–water partition coefficient (Wildman–Crippen LogP) is 2.59. The largest absolute Gasteiger partial charge is 0.508 e. The Bertz CT molecular complexity index is 1420. The maximum Gasteiger partial charge on any atom is 0.508 e. The molecular formula is C30H39ClFN7O5. The van der Waals surface area contributed by atoms with E-state index >= 15 is 4.39 Å². The van der Waals surface area contributed by atoms with E-state index in [2.05, 4.69) is 27.8 Å². The van der Waals surface area contributed by atoms with Crippen LogP contribution in [0, 0.1) is 23.6 Å². The lowest BCUT2D eigenvalue weighted by atomic mass is 9.66. The highest BCUT2D eigenvalue weighted by atomic mass is 35.5. The third kappa shape index (κ3) is 5.24. The molecule has 12 nitrogen and oxygen atoms in total. The third-order valence-electron chi connectivity index (χ3n) is 10.7. The lowest BCUT2D eigenvalue weighted by molar-refractivity contribution is -0.00530. The summed E-state index contributed by atoms with van der Waals surface area (Å²) < 4.78 is 40.1. The van der Waals surface area contributed by atoms with Gasteiger partial charge in [0.15, 0.2) is 5.82 Å². The van der Waals surface area contributed by atoms with Crippen LogP contribution in [0.1, 0.15) is 43.7 Å². The van der Waals surface area contributed by atoms with Crippen molar-refractivity contribution in [2.45, 2.75) is 67.6 Å². The summed E-state index contributed by atoms with van der Waals surface area (Å²) in [5, 5.41) is 0.263. The molecule has 238 valence electrons. The normalized spacial score (nSPS) is 37.2. The van der Waals surface area contributed by atoms with Gasteiger partial charge in [-0.1, -0.05) is 0 Å². The average molecular weight is 632 g/mol. The Morgan fingerprint density at radius 2 is 2.11 bits per heavy atom. The molecule has 0 radical (unpaired) electrons. The molecule has 9 rings (SSSR count). The van der Waals surface area contributed by atoms with Crippen LogP contribution in [0.2, 0.25) is 0 Å². The van der Waals surface area contributed by atoms with Gasteiger partial charge in [-0.2, -0.15) is 9.97 Å². The van der Waals surface area contributed by atoms with Gasteiger partial charge in [-0.25, -0.2) is 9.18 Å². The zero-order chi connectivity index (χ0) is 29.9. The number of piperidine rings is 1. The first-order valence-electron chi connectivity index (χ1n) is 15.9. The van der Waals surface area contributed by atoms with Crippen molar-refractivity contribution in [2.75, 3.05) is 58.0 Å². The van der Waals surface area contributed by atoms with E-state index in [9.17, 15) is 4.79 Å². The second-order valence-electron chi connectivity index (χ2n) is 13.2. The molecule has 2 aromatic rings. The predicted molar refractivity (Wildman–Crippen MR) is 158 cm³/mol. The first-order chi connectivity index (χ1) is 21.4. The summed E-state index contributed by atoms with van der Waals surface area (Å²) in [5.41, 5.74) is 7.13. The molecule has 5 unspecified atom stereocenters. The Kier molecular flexibility index (Phi) is 7.64. The van der Waals surface area contributed by atoms with Gasteiger partial charge in [0, 0.05) is 48.7 Å². The molecule has 2 N–H and O–H groups in total. The topological polar surface area (TPSA) is 123 Å². The Morgan fingerprint density at radius 1 is 1.20 bits per heavy atom. The molecule has 2 saturated carbocycles. The van der Waals surface area contributed by atoms with E-state index in [1.165, 1.54) is 6.42 Å². The number of nitrogens with one attached hydrogen (secondary N) is 2. The minimum atomic E-state index is -0.731. The number of aromatic nitrogens is 3. The molecule has 0 spiro atoms. The molecule has 5 aliphatic heterocycles. The minimum absolute atomic E-state index is 0.0762. The molecule has 3 saturated heterocycles. The number of nitrogens with zero attached hydrogens (tertiary/aromatic N) is 5. The molecule has 2 aliphatic carbocycles. The Balaban J connectivity index is 1.23. The van der Waals surface area contributed by atoms with Gasteiger partial charge in [-0.3, -0.25) is 20.7 Å². The second-order valence-corrected chi connectivity index (χ2v) is 13.8. The number of halogens is 2. The molecule has 7 heterocycles. The van der Waals surface area contributed by atoms with E-state index in [0.29, 0.717) is 68.6 Å². The van der Waals surface area contributed by atoms with Crippen LogP contribution in [0.3, 0.4) is 0 Å². The molecule has 7 aliphatic rings. The standard InChI is InChI=1S/C30H39ClFN7O5/c1-38-16(7-15-8-23(15)38)13-43-29-35-26-20-10-33-27(25(26)32)24-18(21(31)9-22-19(24)11-34-37-22)3-2-5-42-30(40)44-17-12-39(28(20)36-29)4-6-41-14-17/h10,15-19,21-24,34,37H,2-9,11-14H2,1H3/t15-,16-,17-,18?,19?,21?,22?,23+,24?/m0/s1. The van der Waals surface area contributed by atoms with Crippen LogP contribution in [0.4, 0.5) is 15.0 Å². The number of rotatable bonds is 3. The number of ether oxygens (including phenoxy) is 4. The number of hydrogen-bond donors (Lipinski definition) is 2. The number of carbonyl (C=O) groups excluding carboxylic acids is 1. The van der Waals surface area contributed by atoms with E-state index in [1.807, 2.05) is 4.90 Å². The van der Waals surface area contributed by atoms with Gasteiger partial charge in [-0.05, 0) is 56.9 Å². The zero-order valence-corrected chi connectivity index (χ0v) is 25.5. The van der Waals surface area contributed by atoms with Gasteiger partial charge in [0.2, 0.25) is 0 Å². The van der Waals surface area contributed by atoms with Crippen LogP contribution in [0.15, 0.2) is 6.20 Å². The van der Waals surface area contributed by atoms with Crippen LogP contribution in [0.5, 0.6) is 6.01 Å². The summed E-state index contributed by atoms with van der Waals surface area (Å²) in [4.78, 5) is 31.3. The maximum atomic E-state index is 17.0. The first kappa shape index (κ1) is 28.9. The Labute approximate surface area is 260 Å². The molecule has 44 heavy (non-hydrogen) atoms. The SMILES string of the molecule is CN1[C@H](COc2nc3c4cnc(c(F)c4n2)C2C(CCCOC(=O)O[C@@H]4COCCN3C4)C(Cl)CC3NNCC32)C[C@H]2C[C@H]21. The van der Waals surface area contributed by atoms with Gasteiger partial charge in [-0.15, -0.1) is 11.6 Å². The number of fused-ring (bicyclic) bond motifs is 8. The number of hydrogen-bond acceptors (Lipinski definition) is 12. The first-order valence-corrected chi connectivity index (χ1v) is 16.4. The van der Waals surface area contributed by atoms with Crippen molar-refractivity contribution in [3.63, 3.8) is 0 Å². The number of pyridine rings is 1. The monoisotopic (exact) mass is 631 g/mol. The van der Waals surface area contributed by atoms with Crippen LogP contribution in [-0.2, 0) is 14.2 Å². The average Bonchev–Trinajstić information content (AvgIpc) is 3.60. The molecule has 9 atom stereocenters. The van der Waals surface area contributed by atoms with E-state index in [0.717, 1.165) is 18.8 Å². The quantitative estimate of drug-likeness (QED) is 0.382. The van der Waals surface area contributed by atoms with Crippen LogP contribution in [0.25, 0.3) is 10.9 Å². The van der Waals surface area contributed by atoms with Crippen molar-refractivity contribution in [1.82, 2.24) is 30.7 Å². The van der Waals surface area contributed by atoms with Crippen molar-refractivity contribution in [3.05, 3.63) is 17.7 Å². The van der Waals surface area contributed by atoms with Crippen molar-refractivity contribution in [2.24, 2.45) is 17.8 Å². The van der Waals surface area contributed by atoms with Gasteiger partial charge in [0.05, 0.1) is 37.4 Å². The number of alkyl halides is 1. The van der Waals surface area contributed by atoms with Crippen molar-refractivity contribution < 1.29 is 28.1 Å². The summed E-state index contributed by atoms with van der Waals surface area (Å²) in [7, 11) is 2.14. The van der Waals surface area contributed by atoms with Crippen LogP contribution < -0.4 is 20.5 Å². The van der Waals surface area contributed by atoms with E-state index in [1.54, 1.807) is 6.20 Å². The summed E-state index contributed by atoms with van der Waals surface area (Å²) in [6, 6.07) is 1.12. The van der Waals surface area contributed by atoms with Crippen molar-refractivity contribution in [1.29, 1.82) is 0 Å². The van der Waals surface area contributed by atoms with Crippen LogP contribution in [-0.4, -0.2) is 109 Å². The van der Waals surface area contributed by atoms with E-state index in [4.69, 9.17) is 40.5 Å². The molecule has 6 bridgehead atoms. The van der Waals surface area contributed by atoms with Crippen LogP contribution >= 0.6 is 11.6 Å². The lowest BCUT2D eigenvalue weighted by Gasteiger charge is -2.42. The van der Waals surface area contributed by atoms with E-state index in [-0.39, 0.29) is 60.0 Å². The fourth-order valence-electron chi connectivity index (χ4n) is 8.28. The van der Waals surface area contributed by atoms with Gasteiger partial charge in [0.1, 0.15) is 24.0 Å². The summed E-state index contributed by atoms with van der Waals surface area (Å²) in [6.45, 7) is 2.62. The minimum Gasteiger partial charge on any atom is -0.462 e. The number of likely N-dealkylation sites (N-methyl/N-ethyl adjacent to an activating group) is 1. The highest BCUT2D eigenvalue weighted by molar-refractivity contribution is 6.21. The second kappa shape index (κ2) is 11.7. The summed E-state index contributed by atoms with van der Waals surface area (Å²) in [6.07, 6.45) is 4.65. The highest BCUT2D eigenvalue weighted by Crippen LogP contribution is 2.49. The van der Waals surface area contributed by atoms with Crippen molar-refractivity contribution in [3.8, 4) is 6.01 Å². The van der Waals surface area contributed by atoms with Gasteiger partial charge in [0.25, 0.3) is 0 Å². The molecule has 5 fully saturated rings. The smallest absolute Gasteiger partial charge is 0.462 e. The number of carbonyl (C=O) groups is 1. The molecule has 0 aromatic carbocycles. The zero-order valence-electron chi connectivity index (χ0n) is 24.8. The van der Waals surface area contributed by atoms with Crippen molar-refractivity contribution >= 4 is 34.5 Å². The maximum absolute atomic E-state index is 17.0. The summed E-state index contributed by atoms with van der Waals surface area (Å²) >= 11 is 7.01. The fourth-order valence-corrected chi connectivity index (χ4v) is 8.76. The highest BCUT2D eigenvalue weighted by Gasteiger charge is 2.50. The van der Waals surface area contributed by atoms with E-state index < -0.39 is 18.1 Å². The summed E-state index contributed by atoms with van der Waals surface area (Å²) in [5.74, 6) is 0.497.